The second-order valence-electron chi connectivity index (χ2n) is 5.53. The van der Waals surface area contributed by atoms with Crippen LogP contribution < -0.4 is 9.80 Å². The first-order valence-corrected chi connectivity index (χ1v) is 7.32. The summed E-state index contributed by atoms with van der Waals surface area (Å²) in [5.74, 6) is 0.850. The van der Waals surface area contributed by atoms with E-state index in [0.717, 1.165) is 30.3 Å². The van der Waals surface area contributed by atoms with E-state index in [4.69, 9.17) is 0 Å². The Kier molecular flexibility index (Phi) is 3.95. The molecule has 0 aliphatic carbocycles. The molecule has 2 aromatic rings. The van der Waals surface area contributed by atoms with Crippen molar-refractivity contribution < 1.29 is 4.79 Å². The summed E-state index contributed by atoms with van der Waals surface area (Å²) in [5, 5.41) is 6.72. The molecule has 1 saturated heterocycles. The minimum atomic E-state index is 0.0842. The van der Waals surface area contributed by atoms with E-state index in [9.17, 15) is 4.79 Å². The molecule has 116 valence electrons. The van der Waals surface area contributed by atoms with Crippen molar-refractivity contribution in [1.29, 1.82) is 0 Å². The Morgan fingerprint density at radius 1 is 1.23 bits per heavy atom. The van der Waals surface area contributed by atoms with Crippen LogP contribution in [0.25, 0.3) is 0 Å². The van der Waals surface area contributed by atoms with Gasteiger partial charge in [-0.2, -0.15) is 10.1 Å². The second-order valence-corrected chi connectivity index (χ2v) is 5.53. The molecule has 1 N–H and O–H groups in total. The maximum atomic E-state index is 12.6. The number of H-pyrrole nitrogens is 1. The number of rotatable bonds is 3. The van der Waals surface area contributed by atoms with Crippen LogP contribution in [0.3, 0.4) is 0 Å². The van der Waals surface area contributed by atoms with Gasteiger partial charge >= 0.3 is 0 Å². The van der Waals surface area contributed by atoms with Gasteiger partial charge in [0, 0.05) is 51.5 Å². The molecule has 0 spiro atoms. The van der Waals surface area contributed by atoms with Crippen molar-refractivity contribution in [2.75, 3.05) is 50.1 Å². The third-order valence-electron chi connectivity index (χ3n) is 3.88. The molecule has 1 aromatic carbocycles. The summed E-state index contributed by atoms with van der Waals surface area (Å²) in [4.78, 5) is 22.8. The van der Waals surface area contributed by atoms with Crippen LogP contribution in [0.5, 0.6) is 0 Å². The lowest BCUT2D eigenvalue weighted by molar-refractivity contribution is 0.0746. The zero-order valence-electron chi connectivity index (χ0n) is 12.9. The van der Waals surface area contributed by atoms with Gasteiger partial charge in [-0.3, -0.25) is 4.79 Å². The summed E-state index contributed by atoms with van der Waals surface area (Å²) in [6, 6.07) is 7.73. The van der Waals surface area contributed by atoms with Crippen molar-refractivity contribution in [3.05, 3.63) is 36.2 Å². The molecule has 2 heterocycles. The summed E-state index contributed by atoms with van der Waals surface area (Å²) in [7, 11) is 3.94. The lowest BCUT2D eigenvalue weighted by Crippen LogP contribution is -2.49. The molecule has 22 heavy (non-hydrogen) atoms. The van der Waals surface area contributed by atoms with Gasteiger partial charge in [-0.1, -0.05) is 6.07 Å². The smallest absolute Gasteiger partial charge is 0.254 e. The second kappa shape index (κ2) is 6.05. The van der Waals surface area contributed by atoms with E-state index >= 15 is 0 Å². The summed E-state index contributed by atoms with van der Waals surface area (Å²) in [5.41, 5.74) is 1.77. The van der Waals surface area contributed by atoms with Crippen molar-refractivity contribution in [1.82, 2.24) is 20.1 Å². The lowest BCUT2D eigenvalue weighted by atomic mass is 10.1. The van der Waals surface area contributed by atoms with Gasteiger partial charge in [0.1, 0.15) is 6.33 Å². The van der Waals surface area contributed by atoms with Gasteiger partial charge < -0.3 is 14.7 Å². The molecule has 0 radical (unpaired) electrons. The average molecular weight is 300 g/mol. The number of nitrogens with zero attached hydrogens (tertiary/aromatic N) is 5. The minimum Gasteiger partial charge on any atom is -0.378 e. The monoisotopic (exact) mass is 300 g/mol. The van der Waals surface area contributed by atoms with Gasteiger partial charge in [0.15, 0.2) is 0 Å². The van der Waals surface area contributed by atoms with Gasteiger partial charge in [0.05, 0.1) is 0 Å². The molecule has 0 saturated carbocycles. The van der Waals surface area contributed by atoms with Gasteiger partial charge in [0.25, 0.3) is 5.91 Å². The fraction of sp³-hybridized carbons (Fsp3) is 0.400. The Morgan fingerprint density at radius 2 is 2.00 bits per heavy atom. The van der Waals surface area contributed by atoms with Gasteiger partial charge in [-0.05, 0) is 18.2 Å². The molecular weight excluding hydrogens is 280 g/mol. The highest BCUT2D eigenvalue weighted by atomic mass is 16.2. The maximum absolute atomic E-state index is 12.6. The van der Waals surface area contributed by atoms with E-state index in [1.807, 2.05) is 48.2 Å². The molecule has 0 unspecified atom stereocenters. The number of nitrogens with one attached hydrogen (secondary N) is 1. The quantitative estimate of drug-likeness (QED) is 0.909. The number of hydrogen-bond acceptors (Lipinski definition) is 5. The Morgan fingerprint density at radius 3 is 2.64 bits per heavy atom. The Labute approximate surface area is 129 Å². The number of hydrogen-bond donors (Lipinski definition) is 1. The van der Waals surface area contributed by atoms with E-state index < -0.39 is 0 Å². The van der Waals surface area contributed by atoms with Crippen molar-refractivity contribution in [3.63, 3.8) is 0 Å². The van der Waals surface area contributed by atoms with E-state index in [1.165, 1.54) is 6.33 Å². The van der Waals surface area contributed by atoms with Crippen LogP contribution in [0.15, 0.2) is 30.6 Å². The first kappa shape index (κ1) is 14.4. The van der Waals surface area contributed by atoms with Crippen LogP contribution in [-0.2, 0) is 0 Å². The largest absolute Gasteiger partial charge is 0.378 e. The third-order valence-corrected chi connectivity index (χ3v) is 3.88. The van der Waals surface area contributed by atoms with Crippen molar-refractivity contribution in [2.24, 2.45) is 0 Å². The van der Waals surface area contributed by atoms with Crippen LogP contribution in [0, 0.1) is 0 Å². The van der Waals surface area contributed by atoms with Crippen LogP contribution in [-0.4, -0.2) is 66.3 Å². The van der Waals surface area contributed by atoms with Crippen LogP contribution >= 0.6 is 0 Å². The lowest BCUT2D eigenvalue weighted by Gasteiger charge is -2.34. The van der Waals surface area contributed by atoms with Gasteiger partial charge in [-0.15, -0.1) is 0 Å². The number of carbonyl (C=O) groups is 1. The fourth-order valence-electron chi connectivity index (χ4n) is 2.57. The number of piperazine rings is 1. The van der Waals surface area contributed by atoms with Gasteiger partial charge in [-0.25, -0.2) is 5.10 Å². The third kappa shape index (κ3) is 2.88. The highest BCUT2D eigenvalue weighted by Gasteiger charge is 2.23. The van der Waals surface area contributed by atoms with Gasteiger partial charge in [0.2, 0.25) is 5.95 Å². The first-order chi connectivity index (χ1) is 10.6. The number of benzene rings is 1. The molecule has 1 fully saturated rings. The highest BCUT2D eigenvalue weighted by Crippen LogP contribution is 2.17. The molecule has 1 aliphatic rings. The van der Waals surface area contributed by atoms with Crippen LogP contribution in [0.1, 0.15) is 10.4 Å². The van der Waals surface area contributed by atoms with Crippen molar-refractivity contribution >= 4 is 17.5 Å². The van der Waals surface area contributed by atoms with E-state index in [-0.39, 0.29) is 5.91 Å². The summed E-state index contributed by atoms with van der Waals surface area (Å²) in [6.07, 6.45) is 1.50. The molecule has 0 bridgehead atoms. The Balaban J connectivity index is 1.66. The molecule has 7 heteroatoms. The average Bonchev–Trinajstić information content (AvgIpc) is 3.09. The van der Waals surface area contributed by atoms with Crippen molar-refractivity contribution in [2.45, 2.75) is 0 Å². The Bertz CT molecular complexity index is 631. The minimum absolute atomic E-state index is 0.0842. The molecule has 0 atom stereocenters. The normalized spacial score (nSPS) is 15.0. The molecule has 3 rings (SSSR count). The van der Waals surface area contributed by atoms with Crippen molar-refractivity contribution in [3.8, 4) is 0 Å². The van der Waals surface area contributed by atoms with E-state index in [0.29, 0.717) is 13.1 Å². The number of anilines is 2. The molecule has 1 aliphatic heterocycles. The number of aromatic nitrogens is 3. The highest BCUT2D eigenvalue weighted by molar-refractivity contribution is 5.95. The standard InChI is InChI=1S/C15H20N6O/c1-19(2)13-5-3-4-12(10-13)14(22)20-6-8-21(9-7-20)15-16-11-17-18-15/h3-5,10-11H,6-9H2,1-2H3,(H,16,17,18). The Hall–Kier alpha value is -2.57. The molecular formula is C15H20N6O. The molecule has 7 nitrogen and oxygen atoms in total. The number of amides is 1. The summed E-state index contributed by atoms with van der Waals surface area (Å²) in [6.45, 7) is 2.89. The van der Waals surface area contributed by atoms with E-state index in [1.54, 1.807) is 0 Å². The predicted molar refractivity (Wildman–Crippen MR) is 85.3 cm³/mol. The molecule has 1 aromatic heterocycles. The summed E-state index contributed by atoms with van der Waals surface area (Å²) < 4.78 is 0. The predicted octanol–water partition coefficient (Wildman–Crippen LogP) is 0.833. The van der Waals surface area contributed by atoms with Crippen LogP contribution in [0.2, 0.25) is 0 Å². The van der Waals surface area contributed by atoms with Crippen LogP contribution in [0.4, 0.5) is 11.6 Å². The van der Waals surface area contributed by atoms with E-state index in [2.05, 4.69) is 20.1 Å². The topological polar surface area (TPSA) is 68.4 Å². The molecule has 1 amide bonds. The zero-order valence-corrected chi connectivity index (χ0v) is 12.9. The fourth-order valence-corrected chi connectivity index (χ4v) is 2.57. The first-order valence-electron chi connectivity index (χ1n) is 7.32. The SMILES string of the molecule is CN(C)c1cccc(C(=O)N2CCN(c3ncn[nH]3)CC2)c1. The number of carbonyl (C=O) groups excluding carboxylic acids is 1. The maximum Gasteiger partial charge on any atom is 0.254 e. The zero-order chi connectivity index (χ0) is 15.5. The number of aromatic amines is 1. The summed E-state index contributed by atoms with van der Waals surface area (Å²) >= 11 is 0.